The molecule has 246 valence electrons. The topological polar surface area (TPSA) is 131 Å². The molecule has 2 aromatic heterocycles. The van der Waals surface area contributed by atoms with E-state index in [4.69, 9.17) is 19.4 Å². The molecule has 0 saturated heterocycles. The second-order valence-corrected chi connectivity index (χ2v) is 13.5. The van der Waals surface area contributed by atoms with E-state index >= 15 is 0 Å². The van der Waals surface area contributed by atoms with Crippen molar-refractivity contribution in [1.29, 1.82) is 0 Å². The third-order valence-electron chi connectivity index (χ3n) is 9.06. The van der Waals surface area contributed by atoms with Crippen molar-refractivity contribution >= 4 is 40.0 Å². The summed E-state index contributed by atoms with van der Waals surface area (Å²) in [5, 5.41) is 16.2. The fourth-order valence-electron chi connectivity index (χ4n) is 6.35. The summed E-state index contributed by atoms with van der Waals surface area (Å²) in [5.41, 5.74) is 3.26. The minimum Gasteiger partial charge on any atom is -0.496 e. The van der Waals surface area contributed by atoms with E-state index in [1.54, 1.807) is 19.1 Å². The van der Waals surface area contributed by atoms with Gasteiger partial charge in [-0.25, -0.2) is 14.8 Å². The van der Waals surface area contributed by atoms with Crippen molar-refractivity contribution in [3.05, 3.63) is 47.0 Å². The van der Waals surface area contributed by atoms with Crippen LogP contribution < -0.4 is 14.8 Å². The molecule has 2 N–H and O–H groups in total. The molecule has 2 amide bonds. The molecule has 1 fully saturated rings. The molecule has 0 spiro atoms. The first kappa shape index (κ1) is 33.4. The molecule has 5 rings (SSSR count). The Morgan fingerprint density at radius 2 is 1.85 bits per heavy atom. The van der Waals surface area contributed by atoms with Crippen molar-refractivity contribution in [2.24, 2.45) is 11.8 Å². The number of ether oxygens (including phenoxy) is 2. The number of carbonyl (C=O) groups excluding carboxylic acids is 2. The summed E-state index contributed by atoms with van der Waals surface area (Å²) in [6, 6.07) is 4.66. The number of thiazole rings is 1. The van der Waals surface area contributed by atoms with E-state index in [0.717, 1.165) is 46.4 Å². The van der Waals surface area contributed by atoms with Crippen LogP contribution in [0, 0.1) is 18.8 Å². The second kappa shape index (κ2) is 14.6. The minimum atomic E-state index is -1.08. The molecule has 4 atom stereocenters. The van der Waals surface area contributed by atoms with Gasteiger partial charge in [0.05, 0.1) is 30.2 Å². The van der Waals surface area contributed by atoms with Crippen LogP contribution in [0.3, 0.4) is 0 Å². The van der Waals surface area contributed by atoms with Gasteiger partial charge >= 0.3 is 5.97 Å². The summed E-state index contributed by atoms with van der Waals surface area (Å²) in [4.78, 5) is 51.0. The zero-order valence-electron chi connectivity index (χ0n) is 27.2. The molecule has 0 bridgehead atoms. The average Bonchev–Trinajstić information content (AvgIpc) is 3.69. The lowest BCUT2D eigenvalue weighted by Crippen LogP contribution is -2.46. The van der Waals surface area contributed by atoms with E-state index < -0.39 is 35.9 Å². The number of amides is 2. The molecule has 2 aliphatic rings. The van der Waals surface area contributed by atoms with Gasteiger partial charge in [0.2, 0.25) is 11.8 Å². The summed E-state index contributed by atoms with van der Waals surface area (Å²) in [5.74, 6) is -1.39. The van der Waals surface area contributed by atoms with Crippen LogP contribution in [0.2, 0.25) is 0 Å². The molecule has 3 aromatic rings. The van der Waals surface area contributed by atoms with E-state index in [1.807, 2.05) is 42.7 Å². The summed E-state index contributed by atoms with van der Waals surface area (Å²) < 4.78 is 12.3. The number of aliphatic carboxylic acids is 1. The second-order valence-electron chi connectivity index (χ2n) is 12.7. The zero-order valence-corrected chi connectivity index (χ0v) is 28.1. The normalized spacial score (nSPS) is 23.1. The van der Waals surface area contributed by atoms with Crippen LogP contribution in [0.1, 0.15) is 76.0 Å². The Bertz CT molecular complexity index is 1620. The van der Waals surface area contributed by atoms with Crippen molar-refractivity contribution in [3.63, 3.8) is 0 Å². The van der Waals surface area contributed by atoms with Gasteiger partial charge < -0.3 is 24.8 Å². The number of allylic oxidation sites excluding steroid dienone is 2. The predicted octanol–water partition coefficient (Wildman–Crippen LogP) is 6.12. The Kier molecular flexibility index (Phi) is 10.6. The molecular formula is C35H44N4O6S. The maximum Gasteiger partial charge on any atom is 0.326 e. The van der Waals surface area contributed by atoms with Crippen LogP contribution in [-0.4, -0.2) is 70.6 Å². The highest BCUT2D eigenvalue weighted by Crippen LogP contribution is 2.41. The highest BCUT2D eigenvalue weighted by atomic mass is 32.1. The maximum atomic E-state index is 13.8. The first-order valence-corrected chi connectivity index (χ1v) is 17.0. The molecule has 1 saturated carbocycles. The lowest BCUT2D eigenvalue weighted by Gasteiger charge is -2.25. The fraction of sp³-hybridized carbons (Fsp3) is 0.514. The summed E-state index contributed by atoms with van der Waals surface area (Å²) in [7, 11) is 3.40. The number of aromatic nitrogens is 2. The van der Waals surface area contributed by atoms with Gasteiger partial charge in [-0.15, -0.1) is 11.3 Å². The van der Waals surface area contributed by atoms with E-state index in [2.05, 4.69) is 19.2 Å². The lowest BCUT2D eigenvalue weighted by atomic mass is 9.93. The van der Waals surface area contributed by atoms with Crippen molar-refractivity contribution in [2.45, 2.75) is 83.8 Å². The number of nitrogens with one attached hydrogen (secondary N) is 1. The van der Waals surface area contributed by atoms with E-state index in [-0.39, 0.29) is 24.7 Å². The molecule has 46 heavy (non-hydrogen) atoms. The first-order chi connectivity index (χ1) is 22.1. The molecule has 1 aliphatic carbocycles. The van der Waals surface area contributed by atoms with Crippen molar-refractivity contribution in [3.8, 4) is 22.2 Å². The fourth-order valence-corrected chi connectivity index (χ4v) is 7.29. The Hall–Kier alpha value is -3.99. The molecule has 4 unspecified atom stereocenters. The Morgan fingerprint density at radius 1 is 1.09 bits per heavy atom. The molecule has 11 heteroatoms. The smallest absolute Gasteiger partial charge is 0.326 e. The largest absolute Gasteiger partial charge is 0.496 e. The Balaban J connectivity index is 1.49. The number of hydrogen-bond donors (Lipinski definition) is 2. The third kappa shape index (κ3) is 7.35. The number of aryl methyl sites for hydroxylation is 1. The quantitative estimate of drug-likeness (QED) is 0.306. The molecule has 1 aromatic carbocycles. The maximum absolute atomic E-state index is 13.8. The zero-order chi connectivity index (χ0) is 33.0. The van der Waals surface area contributed by atoms with Gasteiger partial charge in [0.1, 0.15) is 34.3 Å². The number of carboxylic acids is 1. The molecule has 0 radical (unpaired) electrons. The van der Waals surface area contributed by atoms with Gasteiger partial charge in [-0.2, -0.15) is 0 Å². The SMILES string of the molecule is COc1ccc2c(OC3CC4C(=O)NC(C(=O)O)CCC=CCCCCN(C)C(=O)C4C3)cc(-c3nc(C(C)C)cs3)nc2c1C. The van der Waals surface area contributed by atoms with Crippen LogP contribution in [0.15, 0.2) is 35.7 Å². The number of benzene rings is 1. The van der Waals surface area contributed by atoms with E-state index in [1.165, 1.54) is 11.3 Å². The Morgan fingerprint density at radius 3 is 2.57 bits per heavy atom. The number of rotatable bonds is 6. The standard InChI is InChI=1S/C35H44N4O6S/c1-20(2)28-19-46-33(38-28)27-18-30(23-13-14-29(44-5)21(3)31(23)36-27)45-22-16-24-25(17-22)34(41)39(4)15-11-9-7-6-8-10-12-26(35(42)43)37-32(24)40/h6,8,13-14,18-20,22,24-26H,7,9-12,15-17H2,1-5H3,(H,37,40)(H,42,43). The Labute approximate surface area is 274 Å². The highest BCUT2D eigenvalue weighted by molar-refractivity contribution is 7.13. The van der Waals surface area contributed by atoms with Crippen LogP contribution in [-0.2, 0) is 14.4 Å². The summed E-state index contributed by atoms with van der Waals surface area (Å²) in [6.45, 7) is 6.75. The average molecular weight is 649 g/mol. The van der Waals surface area contributed by atoms with Crippen molar-refractivity contribution < 1.29 is 29.0 Å². The minimum absolute atomic E-state index is 0.117. The monoisotopic (exact) mass is 648 g/mol. The molecule has 3 heterocycles. The van der Waals surface area contributed by atoms with Gasteiger partial charge in [0, 0.05) is 36.0 Å². The number of nitrogens with zero attached hydrogens (tertiary/aromatic N) is 3. The predicted molar refractivity (Wildman–Crippen MR) is 178 cm³/mol. The van der Waals surface area contributed by atoms with Gasteiger partial charge in [-0.3, -0.25) is 9.59 Å². The van der Waals surface area contributed by atoms with Crippen molar-refractivity contribution in [1.82, 2.24) is 20.2 Å². The van der Waals surface area contributed by atoms with E-state index in [9.17, 15) is 19.5 Å². The van der Waals surface area contributed by atoms with Crippen molar-refractivity contribution in [2.75, 3.05) is 20.7 Å². The highest BCUT2D eigenvalue weighted by Gasteiger charge is 2.45. The number of carbonyl (C=O) groups is 3. The van der Waals surface area contributed by atoms with Crippen LogP contribution in [0.5, 0.6) is 11.5 Å². The molecule has 10 nitrogen and oxygen atoms in total. The van der Waals surface area contributed by atoms with Gasteiger partial charge in [0.15, 0.2) is 0 Å². The van der Waals surface area contributed by atoms with Crippen LogP contribution in [0.4, 0.5) is 0 Å². The van der Waals surface area contributed by atoms with Crippen LogP contribution in [0.25, 0.3) is 21.6 Å². The number of hydrogen-bond acceptors (Lipinski definition) is 8. The van der Waals surface area contributed by atoms with Crippen LogP contribution >= 0.6 is 11.3 Å². The van der Waals surface area contributed by atoms with E-state index in [0.29, 0.717) is 36.6 Å². The van der Waals surface area contributed by atoms with Gasteiger partial charge in [0.25, 0.3) is 0 Å². The van der Waals surface area contributed by atoms with Gasteiger partial charge in [-0.1, -0.05) is 26.0 Å². The molecule has 1 aliphatic heterocycles. The summed E-state index contributed by atoms with van der Waals surface area (Å²) >= 11 is 1.53. The first-order valence-electron chi connectivity index (χ1n) is 16.1. The molecular weight excluding hydrogens is 604 g/mol. The lowest BCUT2D eigenvalue weighted by molar-refractivity contribution is -0.144. The number of methoxy groups -OCH3 is 1. The number of carboxylic acid groups (broad SMARTS) is 1. The van der Waals surface area contributed by atoms with Gasteiger partial charge in [-0.05, 0) is 69.9 Å². The summed E-state index contributed by atoms with van der Waals surface area (Å²) in [6.07, 6.45) is 7.65. The number of fused-ring (bicyclic) bond motifs is 2. The third-order valence-corrected chi connectivity index (χ3v) is 9.94. The number of pyridine rings is 1.